The highest BCUT2D eigenvalue weighted by Gasteiger charge is 2.38. The number of halogens is 3. The van der Waals surface area contributed by atoms with Gasteiger partial charge in [-0.25, -0.2) is 9.69 Å². The molecule has 4 rings (SSSR count). The fourth-order valence-corrected chi connectivity index (χ4v) is 4.94. The summed E-state index contributed by atoms with van der Waals surface area (Å²) < 4.78 is 22.9. The molecule has 1 N–H and O–H groups in total. The highest BCUT2D eigenvalue weighted by Crippen LogP contribution is 2.41. The standard InChI is InChI=1S/C28H23BrCl2N2O7/c1-4-39-24-11-16(10-19(29)25(24)40-14-15-6-5-7-17(30)8-15)9-18-26(34)32-28(36)33(27(18)35)21-13-22(37-2)20(31)12-23(21)38-3/h5-13H,4,14H2,1-3H3,(H,32,34,36)/b18-9+. The van der Waals surface area contributed by atoms with Gasteiger partial charge in [0.15, 0.2) is 11.5 Å². The fourth-order valence-electron chi connectivity index (χ4n) is 3.92. The molecule has 3 aromatic rings. The van der Waals surface area contributed by atoms with Crippen LogP contribution in [0.5, 0.6) is 23.0 Å². The van der Waals surface area contributed by atoms with E-state index in [1.165, 1.54) is 32.4 Å². The number of hydrogen-bond acceptors (Lipinski definition) is 7. The van der Waals surface area contributed by atoms with E-state index in [1.54, 1.807) is 24.3 Å². The first-order valence-electron chi connectivity index (χ1n) is 11.8. The molecule has 0 unspecified atom stereocenters. The Kier molecular flexibility index (Phi) is 9.24. The summed E-state index contributed by atoms with van der Waals surface area (Å²) in [4.78, 5) is 39.9. The van der Waals surface area contributed by atoms with Crippen LogP contribution in [0.4, 0.5) is 10.5 Å². The van der Waals surface area contributed by atoms with Gasteiger partial charge in [0.1, 0.15) is 23.7 Å². The van der Waals surface area contributed by atoms with Gasteiger partial charge in [-0.3, -0.25) is 14.9 Å². The number of imide groups is 2. The number of hydrogen-bond donors (Lipinski definition) is 1. The molecular formula is C28H23BrCl2N2O7. The largest absolute Gasteiger partial charge is 0.495 e. The summed E-state index contributed by atoms with van der Waals surface area (Å²) in [6.07, 6.45) is 1.35. The first-order valence-corrected chi connectivity index (χ1v) is 13.4. The molecule has 208 valence electrons. The third-order valence-corrected chi connectivity index (χ3v) is 6.83. The molecule has 4 amide bonds. The predicted molar refractivity (Wildman–Crippen MR) is 155 cm³/mol. The zero-order valence-electron chi connectivity index (χ0n) is 21.5. The van der Waals surface area contributed by atoms with E-state index in [-0.39, 0.29) is 34.4 Å². The van der Waals surface area contributed by atoms with Crippen LogP contribution in [0.2, 0.25) is 10.0 Å². The van der Waals surface area contributed by atoms with Crippen LogP contribution in [0.3, 0.4) is 0 Å². The summed E-state index contributed by atoms with van der Waals surface area (Å²) >= 11 is 15.7. The highest BCUT2D eigenvalue weighted by molar-refractivity contribution is 9.10. The van der Waals surface area contributed by atoms with Crippen LogP contribution >= 0.6 is 39.1 Å². The summed E-state index contributed by atoms with van der Waals surface area (Å²) in [5.41, 5.74) is 1.05. The molecule has 0 aliphatic carbocycles. The minimum absolute atomic E-state index is 0.0469. The van der Waals surface area contributed by atoms with Crippen molar-refractivity contribution in [3.05, 3.63) is 79.7 Å². The SMILES string of the molecule is CCOc1cc(/C=C2\C(=O)NC(=O)N(c3cc(OC)c(Cl)cc3OC)C2=O)cc(Br)c1OCc1cccc(Cl)c1. The van der Waals surface area contributed by atoms with Crippen molar-refractivity contribution in [3.63, 3.8) is 0 Å². The number of anilines is 1. The second-order valence-electron chi connectivity index (χ2n) is 8.30. The maximum absolute atomic E-state index is 13.5. The van der Waals surface area contributed by atoms with Crippen LogP contribution in [-0.4, -0.2) is 38.7 Å². The number of nitrogens with zero attached hydrogens (tertiary/aromatic N) is 1. The van der Waals surface area contributed by atoms with Gasteiger partial charge >= 0.3 is 6.03 Å². The maximum atomic E-state index is 13.5. The van der Waals surface area contributed by atoms with Gasteiger partial charge in [0.2, 0.25) is 0 Å². The van der Waals surface area contributed by atoms with Gasteiger partial charge in [0.25, 0.3) is 11.8 Å². The minimum atomic E-state index is -0.948. The molecule has 0 bridgehead atoms. The maximum Gasteiger partial charge on any atom is 0.336 e. The van der Waals surface area contributed by atoms with E-state index in [4.69, 9.17) is 42.1 Å². The molecule has 0 atom stereocenters. The molecule has 1 aliphatic rings. The molecule has 0 saturated carbocycles. The lowest BCUT2D eigenvalue weighted by atomic mass is 10.1. The topological polar surface area (TPSA) is 103 Å². The summed E-state index contributed by atoms with van der Waals surface area (Å²) in [6.45, 7) is 2.37. The van der Waals surface area contributed by atoms with Gasteiger partial charge in [-0.15, -0.1) is 0 Å². The van der Waals surface area contributed by atoms with Gasteiger partial charge in [0.05, 0.1) is 36.0 Å². The number of carbonyl (C=O) groups is 3. The Morgan fingerprint density at radius 2 is 1.70 bits per heavy atom. The Balaban J connectivity index is 1.71. The van der Waals surface area contributed by atoms with Crippen molar-refractivity contribution in [2.75, 3.05) is 25.7 Å². The van der Waals surface area contributed by atoms with Crippen LogP contribution in [0.15, 0.2) is 58.6 Å². The Labute approximate surface area is 248 Å². The normalized spacial score (nSPS) is 14.3. The average molecular weight is 650 g/mol. The monoisotopic (exact) mass is 648 g/mol. The molecule has 40 heavy (non-hydrogen) atoms. The third kappa shape index (κ3) is 6.19. The van der Waals surface area contributed by atoms with E-state index in [0.29, 0.717) is 33.2 Å². The molecule has 0 radical (unpaired) electrons. The second kappa shape index (κ2) is 12.6. The fraction of sp³-hybridized carbons (Fsp3) is 0.179. The van der Waals surface area contributed by atoms with E-state index in [9.17, 15) is 14.4 Å². The number of barbiturate groups is 1. The Bertz CT molecular complexity index is 1530. The highest BCUT2D eigenvalue weighted by atomic mass is 79.9. The summed E-state index contributed by atoms with van der Waals surface area (Å²) in [5, 5.41) is 2.99. The molecule has 1 aliphatic heterocycles. The predicted octanol–water partition coefficient (Wildman–Crippen LogP) is 6.42. The molecule has 0 aromatic heterocycles. The summed E-state index contributed by atoms with van der Waals surface area (Å²) in [5.74, 6) is -0.581. The van der Waals surface area contributed by atoms with Gasteiger partial charge in [0, 0.05) is 17.2 Å². The van der Waals surface area contributed by atoms with Crippen molar-refractivity contribution >= 4 is 68.7 Å². The van der Waals surface area contributed by atoms with Gasteiger partial charge in [-0.05, 0) is 64.3 Å². The van der Waals surface area contributed by atoms with Crippen molar-refractivity contribution in [2.24, 2.45) is 0 Å². The molecule has 1 fully saturated rings. The van der Waals surface area contributed by atoms with Crippen LogP contribution in [0.1, 0.15) is 18.1 Å². The molecule has 1 saturated heterocycles. The minimum Gasteiger partial charge on any atom is -0.495 e. The zero-order valence-corrected chi connectivity index (χ0v) is 24.6. The van der Waals surface area contributed by atoms with Crippen molar-refractivity contribution in [2.45, 2.75) is 13.5 Å². The van der Waals surface area contributed by atoms with E-state index in [2.05, 4.69) is 21.2 Å². The number of benzene rings is 3. The lowest BCUT2D eigenvalue weighted by Gasteiger charge is -2.28. The van der Waals surface area contributed by atoms with Crippen LogP contribution in [0.25, 0.3) is 6.08 Å². The number of carbonyl (C=O) groups excluding carboxylic acids is 3. The van der Waals surface area contributed by atoms with Crippen LogP contribution in [0, 0.1) is 0 Å². The van der Waals surface area contributed by atoms with E-state index < -0.39 is 17.8 Å². The number of amides is 4. The van der Waals surface area contributed by atoms with E-state index >= 15 is 0 Å². The first kappa shape index (κ1) is 29.3. The lowest BCUT2D eigenvalue weighted by Crippen LogP contribution is -2.54. The number of nitrogens with one attached hydrogen (secondary N) is 1. The van der Waals surface area contributed by atoms with Crippen molar-refractivity contribution < 1.29 is 33.3 Å². The van der Waals surface area contributed by atoms with E-state index in [0.717, 1.165) is 10.5 Å². The smallest absolute Gasteiger partial charge is 0.336 e. The molecule has 3 aromatic carbocycles. The Hall–Kier alpha value is -3.73. The van der Waals surface area contributed by atoms with Gasteiger partial charge < -0.3 is 18.9 Å². The number of methoxy groups -OCH3 is 2. The van der Waals surface area contributed by atoms with Crippen molar-refractivity contribution in [1.29, 1.82) is 0 Å². The van der Waals surface area contributed by atoms with Gasteiger partial charge in [-0.1, -0.05) is 35.3 Å². The summed E-state index contributed by atoms with van der Waals surface area (Å²) in [6, 6.07) is 12.4. The number of rotatable bonds is 9. The molecular weight excluding hydrogens is 627 g/mol. The lowest BCUT2D eigenvalue weighted by molar-refractivity contribution is -0.122. The average Bonchev–Trinajstić information content (AvgIpc) is 2.91. The van der Waals surface area contributed by atoms with Gasteiger partial charge in [-0.2, -0.15) is 0 Å². The van der Waals surface area contributed by atoms with E-state index in [1.807, 2.05) is 19.1 Å². The zero-order chi connectivity index (χ0) is 29.0. The van der Waals surface area contributed by atoms with Crippen LogP contribution < -0.4 is 29.2 Å². The van der Waals surface area contributed by atoms with Crippen molar-refractivity contribution in [3.8, 4) is 23.0 Å². The first-order chi connectivity index (χ1) is 19.2. The molecule has 1 heterocycles. The molecule has 9 nitrogen and oxygen atoms in total. The molecule has 0 spiro atoms. The summed E-state index contributed by atoms with van der Waals surface area (Å²) in [7, 11) is 2.75. The van der Waals surface area contributed by atoms with Crippen LogP contribution in [-0.2, 0) is 16.2 Å². The second-order valence-corrected chi connectivity index (χ2v) is 10.00. The number of urea groups is 1. The van der Waals surface area contributed by atoms with Crippen molar-refractivity contribution in [1.82, 2.24) is 5.32 Å². The Morgan fingerprint density at radius 1 is 0.950 bits per heavy atom. The Morgan fingerprint density at radius 3 is 2.38 bits per heavy atom. The molecule has 12 heteroatoms. The number of ether oxygens (including phenoxy) is 4. The quantitative estimate of drug-likeness (QED) is 0.211. The third-order valence-electron chi connectivity index (χ3n) is 5.71.